The molecule has 0 saturated carbocycles. The van der Waals surface area contributed by atoms with Gasteiger partial charge in [0.05, 0.1) is 11.4 Å². The molecule has 0 radical (unpaired) electrons. The molecule has 1 heterocycles. The number of thiocarbonyl (C=S) groups is 1. The maximum Gasteiger partial charge on any atom is 0.107 e. The highest BCUT2D eigenvalue weighted by Gasteiger charge is 2.22. The Labute approximate surface area is 106 Å². The van der Waals surface area contributed by atoms with Gasteiger partial charge >= 0.3 is 0 Å². The summed E-state index contributed by atoms with van der Waals surface area (Å²) in [6.07, 6.45) is 0. The summed E-state index contributed by atoms with van der Waals surface area (Å²) in [5.41, 5.74) is 3.32. The van der Waals surface area contributed by atoms with E-state index in [0.717, 1.165) is 16.4 Å². The highest BCUT2D eigenvalue weighted by Crippen LogP contribution is 2.32. The van der Waals surface area contributed by atoms with Crippen LogP contribution in [0.5, 0.6) is 0 Å². The van der Waals surface area contributed by atoms with Gasteiger partial charge in [0.1, 0.15) is 11.0 Å². The molecule has 2 nitrogen and oxygen atoms in total. The highest BCUT2D eigenvalue weighted by molar-refractivity contribution is 7.80. The van der Waals surface area contributed by atoms with Gasteiger partial charge < -0.3 is 10.6 Å². The van der Waals surface area contributed by atoms with Crippen LogP contribution in [0, 0.1) is 0 Å². The minimum Gasteiger partial charge on any atom is -0.370 e. The Morgan fingerprint density at radius 1 is 0.824 bits per heavy atom. The third-order valence-corrected chi connectivity index (χ3v) is 3.22. The van der Waals surface area contributed by atoms with Gasteiger partial charge in [0, 0.05) is 0 Å². The first-order chi connectivity index (χ1) is 8.34. The second-order valence-corrected chi connectivity index (χ2v) is 4.46. The van der Waals surface area contributed by atoms with Crippen LogP contribution in [0.3, 0.4) is 0 Å². The zero-order valence-electron chi connectivity index (χ0n) is 9.18. The molecule has 1 aliphatic heterocycles. The molecule has 2 N–H and O–H groups in total. The van der Waals surface area contributed by atoms with Gasteiger partial charge in [-0.2, -0.15) is 0 Å². The summed E-state index contributed by atoms with van der Waals surface area (Å²) in [5, 5.41) is 6.74. The van der Waals surface area contributed by atoms with E-state index in [1.165, 1.54) is 5.56 Å². The van der Waals surface area contributed by atoms with E-state index in [4.69, 9.17) is 12.2 Å². The fourth-order valence-electron chi connectivity index (χ4n) is 2.02. The van der Waals surface area contributed by atoms with Crippen LogP contribution < -0.4 is 10.6 Å². The highest BCUT2D eigenvalue weighted by atomic mass is 32.1. The zero-order chi connectivity index (χ0) is 11.7. The molecule has 84 valence electrons. The van der Waals surface area contributed by atoms with Crippen LogP contribution in [0.1, 0.15) is 11.6 Å². The second kappa shape index (κ2) is 4.18. The van der Waals surface area contributed by atoms with Gasteiger partial charge in [-0.05, 0) is 17.7 Å². The predicted molar refractivity (Wildman–Crippen MR) is 75.5 cm³/mol. The average molecular weight is 240 g/mol. The lowest BCUT2D eigenvalue weighted by atomic mass is 10.0. The minimum absolute atomic E-state index is 0.0566. The molecule has 0 amide bonds. The van der Waals surface area contributed by atoms with Gasteiger partial charge in [0.15, 0.2) is 0 Å². The molecule has 2 aromatic carbocycles. The summed E-state index contributed by atoms with van der Waals surface area (Å²) in [6.45, 7) is 0. The molecule has 3 rings (SSSR count). The first-order valence-electron chi connectivity index (χ1n) is 5.56. The lowest BCUT2D eigenvalue weighted by Gasteiger charge is -2.29. The number of hydrogen-bond donors (Lipinski definition) is 2. The Kier molecular flexibility index (Phi) is 2.53. The summed E-state index contributed by atoms with van der Waals surface area (Å²) in [4.78, 5) is 0.815. The number of benzene rings is 2. The van der Waals surface area contributed by atoms with Crippen molar-refractivity contribution in [3.8, 4) is 0 Å². The number of nitrogens with one attached hydrogen (secondary N) is 2. The number of fused-ring (bicyclic) bond motifs is 1. The molecule has 1 aliphatic rings. The summed E-state index contributed by atoms with van der Waals surface area (Å²) in [7, 11) is 0. The topological polar surface area (TPSA) is 24.1 Å². The van der Waals surface area contributed by atoms with Crippen molar-refractivity contribution in [3.63, 3.8) is 0 Å². The fourth-order valence-corrected chi connectivity index (χ4v) is 2.33. The number of para-hydroxylation sites is 2. The Hall–Kier alpha value is -1.87. The van der Waals surface area contributed by atoms with Gasteiger partial charge in [-0.3, -0.25) is 0 Å². The number of hydrogen-bond acceptors (Lipinski definition) is 2. The second-order valence-electron chi connectivity index (χ2n) is 4.02. The minimum atomic E-state index is 0.0566. The van der Waals surface area contributed by atoms with Crippen LogP contribution in [0.2, 0.25) is 0 Å². The first kappa shape index (κ1) is 10.3. The Morgan fingerprint density at radius 2 is 1.47 bits per heavy atom. The molecule has 0 bridgehead atoms. The lowest BCUT2D eigenvalue weighted by Crippen LogP contribution is -2.30. The Balaban J connectivity index is 1.98. The van der Waals surface area contributed by atoms with Crippen molar-refractivity contribution in [2.75, 3.05) is 10.6 Å². The SMILES string of the molecule is S=C1Nc2ccccc2NC1c1ccccc1. The van der Waals surface area contributed by atoms with E-state index in [0.29, 0.717) is 0 Å². The van der Waals surface area contributed by atoms with Crippen LogP contribution in [0.4, 0.5) is 11.4 Å². The molecular weight excluding hydrogens is 228 g/mol. The molecule has 0 aliphatic carbocycles. The molecule has 0 saturated heterocycles. The van der Waals surface area contributed by atoms with Gasteiger partial charge in [-0.25, -0.2) is 0 Å². The molecule has 0 fully saturated rings. The summed E-state index contributed by atoms with van der Waals surface area (Å²) in [5.74, 6) is 0. The molecule has 17 heavy (non-hydrogen) atoms. The molecular formula is C14H12N2S. The summed E-state index contributed by atoms with van der Waals surface area (Å²) >= 11 is 5.41. The third-order valence-electron chi connectivity index (χ3n) is 2.88. The Bertz CT molecular complexity index is 551. The molecule has 3 heteroatoms. The van der Waals surface area contributed by atoms with E-state index in [1.807, 2.05) is 36.4 Å². The monoisotopic (exact) mass is 240 g/mol. The molecule has 1 unspecified atom stereocenters. The molecule has 0 spiro atoms. The van der Waals surface area contributed by atoms with Gasteiger partial charge in [0.25, 0.3) is 0 Å². The van der Waals surface area contributed by atoms with E-state index >= 15 is 0 Å². The fraction of sp³-hybridized carbons (Fsp3) is 0.0714. The largest absolute Gasteiger partial charge is 0.370 e. The summed E-state index contributed by atoms with van der Waals surface area (Å²) in [6, 6.07) is 18.4. The Morgan fingerprint density at radius 3 is 2.24 bits per heavy atom. The molecule has 2 aromatic rings. The quantitative estimate of drug-likeness (QED) is 0.745. The van der Waals surface area contributed by atoms with Gasteiger partial charge in [0.2, 0.25) is 0 Å². The van der Waals surface area contributed by atoms with Crippen LogP contribution in [0.25, 0.3) is 0 Å². The normalized spacial score (nSPS) is 17.9. The average Bonchev–Trinajstić information content (AvgIpc) is 2.39. The smallest absolute Gasteiger partial charge is 0.107 e. The van der Waals surface area contributed by atoms with E-state index < -0.39 is 0 Å². The number of rotatable bonds is 1. The zero-order valence-corrected chi connectivity index (χ0v) is 10.00. The van der Waals surface area contributed by atoms with Crippen molar-refractivity contribution in [1.29, 1.82) is 0 Å². The third kappa shape index (κ3) is 1.89. The van der Waals surface area contributed by atoms with Crippen molar-refractivity contribution >= 4 is 28.6 Å². The van der Waals surface area contributed by atoms with Crippen molar-refractivity contribution < 1.29 is 0 Å². The standard InChI is InChI=1S/C14H12N2S/c17-14-13(10-6-2-1-3-7-10)15-11-8-4-5-9-12(11)16-14/h1-9,13,15H,(H,16,17). The van der Waals surface area contributed by atoms with Crippen LogP contribution in [0.15, 0.2) is 54.6 Å². The number of anilines is 2. The van der Waals surface area contributed by atoms with Crippen molar-refractivity contribution in [2.24, 2.45) is 0 Å². The summed E-state index contributed by atoms with van der Waals surface area (Å²) < 4.78 is 0. The van der Waals surface area contributed by atoms with E-state index in [-0.39, 0.29) is 6.04 Å². The van der Waals surface area contributed by atoms with Crippen molar-refractivity contribution in [3.05, 3.63) is 60.2 Å². The molecule has 1 atom stereocenters. The van der Waals surface area contributed by atoms with Crippen LogP contribution in [-0.2, 0) is 0 Å². The van der Waals surface area contributed by atoms with E-state index in [1.54, 1.807) is 0 Å². The molecule has 0 aromatic heterocycles. The maximum absolute atomic E-state index is 5.41. The lowest BCUT2D eigenvalue weighted by molar-refractivity contribution is 1.03. The van der Waals surface area contributed by atoms with Gasteiger partial charge in [-0.1, -0.05) is 54.7 Å². The van der Waals surface area contributed by atoms with E-state index in [9.17, 15) is 0 Å². The maximum atomic E-state index is 5.41. The van der Waals surface area contributed by atoms with Gasteiger partial charge in [-0.15, -0.1) is 0 Å². The van der Waals surface area contributed by atoms with Crippen LogP contribution in [-0.4, -0.2) is 4.99 Å². The van der Waals surface area contributed by atoms with Crippen molar-refractivity contribution in [2.45, 2.75) is 6.04 Å². The first-order valence-corrected chi connectivity index (χ1v) is 5.97. The van der Waals surface area contributed by atoms with Crippen LogP contribution >= 0.6 is 12.2 Å². The van der Waals surface area contributed by atoms with E-state index in [2.05, 4.69) is 28.8 Å². The predicted octanol–water partition coefficient (Wildman–Crippen LogP) is 3.59. The van der Waals surface area contributed by atoms with Crippen molar-refractivity contribution in [1.82, 2.24) is 0 Å².